The lowest BCUT2D eigenvalue weighted by molar-refractivity contribution is -0.137. The van der Waals surface area contributed by atoms with Gasteiger partial charge < -0.3 is 10.2 Å². The molecule has 0 aliphatic carbocycles. The molecule has 0 atom stereocenters. The summed E-state index contributed by atoms with van der Waals surface area (Å²) in [4.78, 5) is 19.5. The highest BCUT2D eigenvalue weighted by Crippen LogP contribution is 1.61. The van der Waals surface area contributed by atoms with E-state index in [-0.39, 0.29) is 36.1 Å². The summed E-state index contributed by atoms with van der Waals surface area (Å²) in [5, 5.41) is 18.1. The van der Waals surface area contributed by atoms with Gasteiger partial charge in [0.15, 0.2) is 0 Å². The lowest BCUT2D eigenvalue weighted by Gasteiger charge is -1.93. The van der Waals surface area contributed by atoms with Gasteiger partial charge in [0.2, 0.25) is 0 Å². The zero-order chi connectivity index (χ0) is 7.28. The summed E-state index contributed by atoms with van der Waals surface area (Å²) >= 11 is 0. The second-order valence-corrected chi connectivity index (χ2v) is 1.39. The van der Waals surface area contributed by atoms with Gasteiger partial charge >= 0.3 is 11.9 Å². The SMILES string of the molecule is O=C(O)CNCC(=O)O.[Mg]. The van der Waals surface area contributed by atoms with E-state index < -0.39 is 11.9 Å². The molecule has 0 unspecified atom stereocenters. The van der Waals surface area contributed by atoms with Gasteiger partial charge in [-0.25, -0.2) is 0 Å². The molecule has 0 rings (SSSR count). The number of rotatable bonds is 4. The molecule has 0 aliphatic heterocycles. The Morgan fingerprint density at radius 1 is 1.10 bits per heavy atom. The highest BCUT2D eigenvalue weighted by molar-refractivity contribution is 5.75. The average molecular weight is 157 g/mol. The molecule has 6 heteroatoms. The fourth-order valence-corrected chi connectivity index (χ4v) is 0.276. The lowest BCUT2D eigenvalue weighted by Crippen LogP contribution is -2.27. The maximum Gasteiger partial charge on any atom is 0.317 e. The molecule has 2 radical (unpaired) electrons. The van der Waals surface area contributed by atoms with E-state index in [4.69, 9.17) is 10.2 Å². The molecule has 10 heavy (non-hydrogen) atoms. The van der Waals surface area contributed by atoms with Crippen LogP contribution in [0.15, 0.2) is 0 Å². The minimum atomic E-state index is -1.06. The van der Waals surface area contributed by atoms with Crippen LogP contribution < -0.4 is 5.32 Å². The number of nitrogens with one attached hydrogen (secondary N) is 1. The van der Waals surface area contributed by atoms with E-state index in [1.807, 2.05) is 0 Å². The summed E-state index contributed by atoms with van der Waals surface area (Å²) in [5.41, 5.74) is 0. The molecule has 0 aliphatic rings. The number of hydrogen-bond donors (Lipinski definition) is 3. The van der Waals surface area contributed by atoms with Crippen molar-refractivity contribution in [1.82, 2.24) is 5.32 Å². The van der Waals surface area contributed by atoms with Crippen LogP contribution in [0.5, 0.6) is 0 Å². The Bertz CT molecular complexity index is 112. The zero-order valence-corrected chi connectivity index (χ0v) is 6.75. The van der Waals surface area contributed by atoms with Gasteiger partial charge in [-0.3, -0.25) is 14.9 Å². The molecule has 0 saturated carbocycles. The van der Waals surface area contributed by atoms with Crippen molar-refractivity contribution in [3.05, 3.63) is 0 Å². The van der Waals surface area contributed by atoms with Crippen molar-refractivity contribution in [3.63, 3.8) is 0 Å². The molecule has 0 spiro atoms. The van der Waals surface area contributed by atoms with E-state index in [1.54, 1.807) is 0 Å². The molecule has 0 aromatic rings. The first-order chi connectivity index (χ1) is 4.13. The lowest BCUT2D eigenvalue weighted by atomic mass is 10.6. The molecule has 0 bridgehead atoms. The Hall–Kier alpha value is -0.334. The van der Waals surface area contributed by atoms with Crippen LogP contribution in [0.4, 0.5) is 0 Å². The van der Waals surface area contributed by atoms with Gasteiger partial charge in [0, 0.05) is 23.1 Å². The third-order valence-corrected chi connectivity index (χ3v) is 0.552. The van der Waals surface area contributed by atoms with Crippen LogP contribution in [0, 0.1) is 0 Å². The molecule has 0 saturated heterocycles. The summed E-state index contributed by atoms with van der Waals surface area (Å²) in [7, 11) is 0. The topological polar surface area (TPSA) is 86.6 Å². The third kappa shape index (κ3) is 10.6. The molecule has 5 nitrogen and oxygen atoms in total. The van der Waals surface area contributed by atoms with Crippen LogP contribution >= 0.6 is 0 Å². The van der Waals surface area contributed by atoms with E-state index in [1.165, 1.54) is 0 Å². The van der Waals surface area contributed by atoms with Crippen molar-refractivity contribution >= 4 is 35.0 Å². The van der Waals surface area contributed by atoms with Crippen molar-refractivity contribution in [2.75, 3.05) is 13.1 Å². The highest BCUT2D eigenvalue weighted by atomic mass is 24.3. The van der Waals surface area contributed by atoms with Gasteiger partial charge in [-0.05, 0) is 0 Å². The first-order valence-electron chi connectivity index (χ1n) is 2.27. The second-order valence-electron chi connectivity index (χ2n) is 1.39. The van der Waals surface area contributed by atoms with E-state index in [9.17, 15) is 9.59 Å². The average Bonchev–Trinajstić information content (AvgIpc) is 1.63. The molecule has 0 aromatic carbocycles. The molecular formula is C4H7MgNO4. The molecule has 0 fully saturated rings. The normalized spacial score (nSPS) is 8.00. The fraction of sp³-hybridized carbons (Fsp3) is 0.500. The van der Waals surface area contributed by atoms with E-state index in [2.05, 4.69) is 5.32 Å². The van der Waals surface area contributed by atoms with Crippen molar-refractivity contribution in [2.45, 2.75) is 0 Å². The number of carboxylic acids is 2. The summed E-state index contributed by atoms with van der Waals surface area (Å²) in [5.74, 6) is -2.12. The van der Waals surface area contributed by atoms with Crippen LogP contribution in [0.25, 0.3) is 0 Å². The number of carboxylic acid groups (broad SMARTS) is 2. The van der Waals surface area contributed by atoms with Gasteiger partial charge in [-0.2, -0.15) is 0 Å². The van der Waals surface area contributed by atoms with Crippen molar-refractivity contribution in [2.24, 2.45) is 0 Å². The molecule has 0 aromatic heterocycles. The Labute approximate surface area is 73.6 Å². The van der Waals surface area contributed by atoms with Crippen LogP contribution in [0.1, 0.15) is 0 Å². The smallest absolute Gasteiger partial charge is 0.317 e. The second kappa shape index (κ2) is 6.78. The summed E-state index contributed by atoms with van der Waals surface area (Å²) in [6.07, 6.45) is 0. The zero-order valence-electron chi connectivity index (χ0n) is 5.33. The van der Waals surface area contributed by atoms with Crippen molar-refractivity contribution < 1.29 is 19.8 Å². The largest absolute Gasteiger partial charge is 0.480 e. The summed E-state index contributed by atoms with van der Waals surface area (Å²) < 4.78 is 0. The van der Waals surface area contributed by atoms with Gasteiger partial charge in [-0.15, -0.1) is 0 Å². The van der Waals surface area contributed by atoms with Crippen LogP contribution in [-0.2, 0) is 9.59 Å². The van der Waals surface area contributed by atoms with Crippen LogP contribution in [0.2, 0.25) is 0 Å². The van der Waals surface area contributed by atoms with Gasteiger partial charge in [0.05, 0.1) is 13.1 Å². The maximum atomic E-state index is 9.73. The molecule has 0 heterocycles. The Balaban J connectivity index is 0. The summed E-state index contributed by atoms with van der Waals surface area (Å²) in [6, 6.07) is 0. The highest BCUT2D eigenvalue weighted by Gasteiger charge is 1.97. The number of carbonyl (C=O) groups is 2. The summed E-state index contributed by atoms with van der Waals surface area (Å²) in [6.45, 7) is -0.626. The fourth-order valence-electron chi connectivity index (χ4n) is 0.276. The predicted molar refractivity (Wildman–Crippen MR) is 33.9 cm³/mol. The van der Waals surface area contributed by atoms with Crippen LogP contribution in [0.3, 0.4) is 0 Å². The monoisotopic (exact) mass is 157 g/mol. The molecule has 3 N–H and O–H groups in total. The minimum absolute atomic E-state index is 0. The molecule has 0 amide bonds. The Morgan fingerprint density at radius 3 is 1.60 bits per heavy atom. The predicted octanol–water partition coefficient (Wildman–Crippen LogP) is -1.64. The van der Waals surface area contributed by atoms with Gasteiger partial charge in [0.1, 0.15) is 0 Å². The van der Waals surface area contributed by atoms with Gasteiger partial charge in [-0.1, -0.05) is 0 Å². The van der Waals surface area contributed by atoms with Crippen LogP contribution in [-0.4, -0.2) is 58.3 Å². The van der Waals surface area contributed by atoms with E-state index in [0.717, 1.165) is 0 Å². The number of hydrogen-bond acceptors (Lipinski definition) is 3. The van der Waals surface area contributed by atoms with Crippen molar-refractivity contribution in [3.8, 4) is 0 Å². The first kappa shape index (κ1) is 12.4. The third-order valence-electron chi connectivity index (χ3n) is 0.552. The Morgan fingerprint density at radius 2 is 1.40 bits per heavy atom. The van der Waals surface area contributed by atoms with Gasteiger partial charge in [0.25, 0.3) is 0 Å². The standard InChI is InChI=1S/C4H7NO4.Mg/c6-3(7)1-5-2-4(8)9;/h5H,1-2H2,(H,6,7)(H,8,9);. The number of aliphatic carboxylic acids is 2. The molecular weight excluding hydrogens is 150 g/mol. The van der Waals surface area contributed by atoms with Crippen molar-refractivity contribution in [1.29, 1.82) is 0 Å². The first-order valence-corrected chi connectivity index (χ1v) is 2.27. The molecule has 54 valence electrons. The maximum absolute atomic E-state index is 9.73. The quantitative estimate of drug-likeness (QED) is 0.426. The van der Waals surface area contributed by atoms with E-state index >= 15 is 0 Å². The Kier molecular flexibility index (Phi) is 8.38. The minimum Gasteiger partial charge on any atom is -0.480 e. The van der Waals surface area contributed by atoms with E-state index in [0.29, 0.717) is 0 Å².